The first kappa shape index (κ1) is 19.4. The minimum atomic E-state index is -0.447. The number of rotatable bonds is 5. The SMILES string of the molecule is Cc1c(C(=O)Nc2cc(-n3cncn3)ncn2)sc2nc(-c3cccc([N+](=O)[O-])c3)cn12. The third-order valence-electron chi connectivity index (χ3n) is 4.66. The lowest BCUT2D eigenvalue weighted by atomic mass is 10.1. The van der Waals surface area contributed by atoms with Crippen LogP contribution in [0.3, 0.4) is 0 Å². The van der Waals surface area contributed by atoms with Gasteiger partial charge in [-0.25, -0.2) is 24.6 Å². The second-order valence-corrected chi connectivity index (χ2v) is 7.64. The summed E-state index contributed by atoms with van der Waals surface area (Å²) >= 11 is 1.21. The molecule has 0 saturated heterocycles. The Bertz CT molecular complexity index is 1470. The van der Waals surface area contributed by atoms with E-state index in [4.69, 9.17) is 0 Å². The summed E-state index contributed by atoms with van der Waals surface area (Å²) < 4.78 is 3.24. The molecule has 1 amide bonds. The largest absolute Gasteiger partial charge is 0.306 e. The minimum Gasteiger partial charge on any atom is -0.306 e. The van der Waals surface area contributed by atoms with Crippen molar-refractivity contribution in [3.8, 4) is 17.1 Å². The molecule has 0 radical (unpaired) electrons. The molecule has 0 fully saturated rings. The Labute approximate surface area is 183 Å². The lowest BCUT2D eigenvalue weighted by molar-refractivity contribution is -0.384. The van der Waals surface area contributed by atoms with E-state index in [1.54, 1.807) is 35.7 Å². The molecule has 13 heteroatoms. The zero-order chi connectivity index (χ0) is 22.2. The zero-order valence-corrected chi connectivity index (χ0v) is 17.2. The number of nitrogens with one attached hydrogen (secondary N) is 1. The first-order chi connectivity index (χ1) is 15.5. The monoisotopic (exact) mass is 447 g/mol. The van der Waals surface area contributed by atoms with Crippen molar-refractivity contribution in [3.63, 3.8) is 0 Å². The van der Waals surface area contributed by atoms with Gasteiger partial charge in [-0.15, -0.1) is 0 Å². The Kier molecular flexibility index (Phi) is 4.63. The van der Waals surface area contributed by atoms with E-state index in [9.17, 15) is 14.9 Å². The quantitative estimate of drug-likeness (QED) is 0.320. The number of nitrogens with zero attached hydrogens (tertiary/aromatic N) is 8. The number of aryl methyl sites for hydroxylation is 1. The number of hydrogen-bond donors (Lipinski definition) is 1. The lowest BCUT2D eigenvalue weighted by Gasteiger charge is -2.05. The third kappa shape index (κ3) is 3.45. The van der Waals surface area contributed by atoms with Crippen molar-refractivity contribution in [2.24, 2.45) is 0 Å². The van der Waals surface area contributed by atoms with Gasteiger partial charge in [0.1, 0.15) is 29.7 Å². The molecule has 1 aromatic carbocycles. The highest BCUT2D eigenvalue weighted by Crippen LogP contribution is 2.29. The highest BCUT2D eigenvalue weighted by molar-refractivity contribution is 7.19. The van der Waals surface area contributed by atoms with Crippen LogP contribution in [0.2, 0.25) is 0 Å². The van der Waals surface area contributed by atoms with Gasteiger partial charge < -0.3 is 5.32 Å². The molecule has 0 aliphatic rings. The average Bonchev–Trinajstić information content (AvgIpc) is 3.52. The molecular formula is C19H13N9O3S. The van der Waals surface area contributed by atoms with Crippen molar-refractivity contribution in [2.45, 2.75) is 6.92 Å². The second kappa shape index (κ2) is 7.63. The topological polar surface area (TPSA) is 146 Å². The number of carbonyl (C=O) groups excluding carboxylic acids is 1. The van der Waals surface area contributed by atoms with Gasteiger partial charge in [-0.05, 0) is 6.92 Å². The van der Waals surface area contributed by atoms with E-state index in [0.29, 0.717) is 38.4 Å². The second-order valence-electron chi connectivity index (χ2n) is 6.66. The van der Waals surface area contributed by atoms with Gasteiger partial charge in [-0.3, -0.25) is 19.3 Å². The van der Waals surface area contributed by atoms with Crippen molar-refractivity contribution in [1.29, 1.82) is 0 Å². The van der Waals surface area contributed by atoms with Gasteiger partial charge in [-0.1, -0.05) is 23.5 Å². The molecule has 5 rings (SSSR count). The molecule has 0 aliphatic carbocycles. The summed E-state index contributed by atoms with van der Waals surface area (Å²) in [7, 11) is 0. The molecule has 4 aromatic heterocycles. The number of imidazole rings is 1. The van der Waals surface area contributed by atoms with Gasteiger partial charge >= 0.3 is 0 Å². The van der Waals surface area contributed by atoms with Gasteiger partial charge in [0.2, 0.25) is 0 Å². The number of amides is 1. The first-order valence-electron chi connectivity index (χ1n) is 9.21. The molecule has 158 valence electrons. The van der Waals surface area contributed by atoms with Crippen LogP contribution in [0.4, 0.5) is 11.5 Å². The van der Waals surface area contributed by atoms with E-state index < -0.39 is 4.92 Å². The van der Waals surface area contributed by atoms with Crippen LogP contribution in [0, 0.1) is 17.0 Å². The molecule has 0 atom stereocenters. The minimum absolute atomic E-state index is 0.00856. The van der Waals surface area contributed by atoms with Crippen molar-refractivity contribution in [1.82, 2.24) is 34.1 Å². The van der Waals surface area contributed by atoms with Crippen LogP contribution in [0.5, 0.6) is 0 Å². The maximum Gasteiger partial charge on any atom is 0.270 e. The molecule has 0 aliphatic heterocycles. The van der Waals surface area contributed by atoms with Crippen molar-refractivity contribution in [3.05, 3.63) is 76.2 Å². The van der Waals surface area contributed by atoms with Crippen LogP contribution in [0.1, 0.15) is 15.4 Å². The maximum absolute atomic E-state index is 12.9. The molecule has 0 bridgehead atoms. The Morgan fingerprint density at radius 1 is 1.22 bits per heavy atom. The molecule has 4 heterocycles. The Morgan fingerprint density at radius 2 is 2.09 bits per heavy atom. The number of non-ortho nitro benzene ring substituents is 1. The van der Waals surface area contributed by atoms with Crippen molar-refractivity contribution >= 4 is 33.7 Å². The van der Waals surface area contributed by atoms with Crippen LogP contribution in [0.15, 0.2) is 55.5 Å². The van der Waals surface area contributed by atoms with Crippen LogP contribution in [-0.4, -0.2) is 44.9 Å². The number of hydrogen-bond acceptors (Lipinski definition) is 9. The number of carbonyl (C=O) groups is 1. The summed E-state index contributed by atoms with van der Waals surface area (Å²) in [6.45, 7) is 1.80. The first-order valence-corrected chi connectivity index (χ1v) is 10.0. The summed E-state index contributed by atoms with van der Waals surface area (Å²) in [6, 6.07) is 7.85. The van der Waals surface area contributed by atoms with Crippen LogP contribution >= 0.6 is 11.3 Å². The molecule has 5 aromatic rings. The molecule has 1 N–H and O–H groups in total. The van der Waals surface area contributed by atoms with Gasteiger partial charge in [0, 0.05) is 35.7 Å². The van der Waals surface area contributed by atoms with E-state index in [2.05, 4.69) is 30.4 Å². The number of nitro groups is 1. The van der Waals surface area contributed by atoms with Crippen LogP contribution in [-0.2, 0) is 0 Å². The molecule has 0 unspecified atom stereocenters. The Balaban J connectivity index is 1.42. The van der Waals surface area contributed by atoms with Gasteiger partial charge in [0.15, 0.2) is 10.8 Å². The number of nitro benzene ring substituents is 1. The number of fused-ring (bicyclic) bond motifs is 1. The predicted octanol–water partition coefficient (Wildman–Crippen LogP) is 2.90. The van der Waals surface area contributed by atoms with Crippen molar-refractivity contribution < 1.29 is 9.72 Å². The molecule has 12 nitrogen and oxygen atoms in total. The van der Waals surface area contributed by atoms with E-state index in [1.165, 1.54) is 47.1 Å². The standard InChI is InChI=1S/C19H13N9O3S/c1-11-17(18(29)25-15-6-16(22-9-21-15)27-10-20-8-23-27)32-19-24-14(7-26(11)19)12-3-2-4-13(5-12)28(30)31/h2-10H,1H3,(H,21,22,25,29). The van der Waals surface area contributed by atoms with E-state index in [1.807, 2.05) is 0 Å². The number of aromatic nitrogens is 7. The van der Waals surface area contributed by atoms with E-state index in [-0.39, 0.29) is 11.6 Å². The smallest absolute Gasteiger partial charge is 0.270 e. The fourth-order valence-corrected chi connectivity index (χ4v) is 4.12. The summed E-state index contributed by atoms with van der Waals surface area (Å²) in [6.07, 6.45) is 5.95. The lowest BCUT2D eigenvalue weighted by Crippen LogP contribution is -2.13. The number of anilines is 1. The maximum atomic E-state index is 12.9. The fraction of sp³-hybridized carbons (Fsp3) is 0.0526. The summed E-state index contributed by atoms with van der Waals surface area (Å²) in [5.41, 5.74) is 1.90. The molecule has 0 spiro atoms. The Morgan fingerprint density at radius 3 is 2.84 bits per heavy atom. The highest BCUT2D eigenvalue weighted by atomic mass is 32.1. The van der Waals surface area contributed by atoms with E-state index >= 15 is 0 Å². The normalized spacial score (nSPS) is 11.0. The van der Waals surface area contributed by atoms with E-state index in [0.717, 1.165) is 0 Å². The zero-order valence-electron chi connectivity index (χ0n) is 16.4. The molecular weight excluding hydrogens is 434 g/mol. The number of benzene rings is 1. The summed E-state index contributed by atoms with van der Waals surface area (Å²) in [4.78, 5) is 41.1. The Hall–Kier alpha value is -4.52. The van der Waals surface area contributed by atoms with Gasteiger partial charge in [0.05, 0.1) is 10.6 Å². The summed E-state index contributed by atoms with van der Waals surface area (Å²) in [5.74, 6) is 0.448. The van der Waals surface area contributed by atoms with Gasteiger partial charge in [0.25, 0.3) is 11.6 Å². The van der Waals surface area contributed by atoms with Crippen molar-refractivity contribution in [2.75, 3.05) is 5.32 Å². The van der Waals surface area contributed by atoms with Gasteiger partial charge in [-0.2, -0.15) is 5.10 Å². The fourth-order valence-electron chi connectivity index (χ4n) is 3.12. The summed E-state index contributed by atoms with van der Waals surface area (Å²) in [5, 5.41) is 17.8. The highest BCUT2D eigenvalue weighted by Gasteiger charge is 2.19. The van der Waals surface area contributed by atoms with Crippen LogP contribution in [0.25, 0.3) is 22.0 Å². The third-order valence-corrected chi connectivity index (χ3v) is 5.82. The van der Waals surface area contributed by atoms with Crippen LogP contribution < -0.4 is 5.32 Å². The molecule has 32 heavy (non-hydrogen) atoms. The number of thiazole rings is 1. The predicted molar refractivity (Wildman–Crippen MR) is 115 cm³/mol. The molecule has 0 saturated carbocycles. The average molecular weight is 447 g/mol.